The van der Waals surface area contributed by atoms with Gasteiger partial charge < -0.3 is 10.3 Å². The fourth-order valence-corrected chi connectivity index (χ4v) is 2.46. The molecule has 3 heterocycles. The summed E-state index contributed by atoms with van der Waals surface area (Å²) >= 11 is 0. The summed E-state index contributed by atoms with van der Waals surface area (Å²) < 4.78 is 1.71. The average molecular weight is 259 g/mol. The number of aryl methyl sites for hydroxylation is 1. The van der Waals surface area contributed by atoms with Crippen LogP contribution in [0.1, 0.15) is 24.6 Å². The lowest BCUT2D eigenvalue weighted by atomic mass is 9.98. The number of piperidine rings is 1. The highest BCUT2D eigenvalue weighted by Crippen LogP contribution is 2.21. The molecule has 1 aliphatic heterocycles. The fraction of sp³-hybridized carbons (Fsp3) is 0.462. The van der Waals surface area contributed by atoms with Gasteiger partial charge in [0.25, 0.3) is 5.56 Å². The lowest BCUT2D eigenvalue weighted by Gasteiger charge is -2.21. The van der Waals surface area contributed by atoms with Gasteiger partial charge >= 0.3 is 0 Å². The number of hydrogen-bond donors (Lipinski definition) is 2. The first kappa shape index (κ1) is 12.1. The van der Waals surface area contributed by atoms with Crippen LogP contribution in [-0.4, -0.2) is 32.8 Å². The Balaban J connectivity index is 1.98. The maximum Gasteiger partial charge on any atom is 0.251 e. The van der Waals surface area contributed by atoms with Crippen LogP contribution in [-0.2, 0) is 7.05 Å². The van der Waals surface area contributed by atoms with Gasteiger partial charge in [0.2, 0.25) is 0 Å². The zero-order chi connectivity index (χ0) is 13.2. The Morgan fingerprint density at radius 2 is 2.37 bits per heavy atom. The summed E-state index contributed by atoms with van der Waals surface area (Å²) in [5, 5.41) is 7.45. The van der Waals surface area contributed by atoms with Crippen molar-refractivity contribution in [2.75, 3.05) is 13.1 Å². The quantitative estimate of drug-likeness (QED) is 0.829. The molecule has 1 fully saturated rings. The van der Waals surface area contributed by atoms with Crippen molar-refractivity contribution in [3.63, 3.8) is 0 Å². The molecule has 1 aliphatic rings. The molecule has 100 valence electrons. The van der Waals surface area contributed by atoms with Crippen molar-refractivity contribution < 1.29 is 0 Å². The first-order chi connectivity index (χ1) is 9.22. The van der Waals surface area contributed by atoms with Crippen LogP contribution in [0.2, 0.25) is 0 Å². The van der Waals surface area contributed by atoms with Gasteiger partial charge in [-0.1, -0.05) is 0 Å². The minimum Gasteiger partial charge on any atom is -0.316 e. The van der Waals surface area contributed by atoms with E-state index in [4.69, 9.17) is 0 Å². The molecule has 19 heavy (non-hydrogen) atoms. The van der Waals surface area contributed by atoms with E-state index >= 15 is 0 Å². The van der Waals surface area contributed by atoms with E-state index < -0.39 is 0 Å². The highest BCUT2D eigenvalue weighted by Gasteiger charge is 2.18. The second kappa shape index (κ2) is 4.97. The average Bonchev–Trinajstić information content (AvgIpc) is 2.86. The van der Waals surface area contributed by atoms with Crippen LogP contribution in [0.3, 0.4) is 0 Å². The fourth-order valence-electron chi connectivity index (χ4n) is 2.46. The molecule has 0 radical (unpaired) electrons. The lowest BCUT2D eigenvalue weighted by molar-refractivity contribution is 0.446. The predicted octanol–water partition coefficient (Wildman–Crippen LogP) is 0.637. The molecular weight excluding hydrogens is 242 g/mol. The van der Waals surface area contributed by atoms with Crippen molar-refractivity contribution in [2.45, 2.75) is 18.8 Å². The number of aromatic amines is 1. The van der Waals surface area contributed by atoms with Crippen molar-refractivity contribution in [1.82, 2.24) is 25.1 Å². The Kier molecular flexibility index (Phi) is 3.16. The maximum absolute atomic E-state index is 11.8. The number of H-pyrrole nitrogens is 1. The molecule has 2 aromatic heterocycles. The highest BCUT2D eigenvalue weighted by atomic mass is 16.1. The van der Waals surface area contributed by atoms with E-state index in [9.17, 15) is 4.79 Å². The van der Waals surface area contributed by atoms with Crippen LogP contribution in [0.15, 0.2) is 23.3 Å². The molecule has 0 amide bonds. The van der Waals surface area contributed by atoms with Gasteiger partial charge in [0, 0.05) is 37.3 Å². The Labute approximate surface area is 110 Å². The number of nitrogens with zero attached hydrogens (tertiary/aromatic N) is 3. The minimum absolute atomic E-state index is 0.102. The number of aromatic nitrogens is 4. The standard InChI is InChI=1S/C13H17N5O/c1-18-8-10(7-15-18)11-5-12(19)17-13(16-11)9-3-2-4-14-6-9/h5,7-9,14H,2-4,6H2,1H3,(H,16,17,19). The van der Waals surface area contributed by atoms with Crippen LogP contribution in [0.25, 0.3) is 11.3 Å². The van der Waals surface area contributed by atoms with Gasteiger partial charge in [-0.15, -0.1) is 0 Å². The van der Waals surface area contributed by atoms with Crippen LogP contribution < -0.4 is 10.9 Å². The summed E-state index contributed by atoms with van der Waals surface area (Å²) in [4.78, 5) is 19.2. The minimum atomic E-state index is -0.102. The van der Waals surface area contributed by atoms with Gasteiger partial charge in [0.05, 0.1) is 11.9 Å². The second-order valence-electron chi connectivity index (χ2n) is 4.96. The van der Waals surface area contributed by atoms with E-state index in [0.717, 1.165) is 37.3 Å². The summed E-state index contributed by atoms with van der Waals surface area (Å²) in [5.74, 6) is 1.07. The van der Waals surface area contributed by atoms with Crippen molar-refractivity contribution in [3.8, 4) is 11.3 Å². The molecule has 1 unspecified atom stereocenters. The molecule has 0 aliphatic carbocycles. The molecule has 0 aromatic carbocycles. The maximum atomic E-state index is 11.8. The van der Waals surface area contributed by atoms with Gasteiger partial charge in [0.1, 0.15) is 5.82 Å². The van der Waals surface area contributed by atoms with Crippen molar-refractivity contribution in [1.29, 1.82) is 0 Å². The molecule has 0 spiro atoms. The van der Waals surface area contributed by atoms with Gasteiger partial charge in [-0.25, -0.2) is 4.98 Å². The molecule has 0 bridgehead atoms. The Morgan fingerprint density at radius 1 is 1.47 bits per heavy atom. The van der Waals surface area contributed by atoms with E-state index in [1.807, 2.05) is 13.2 Å². The third-order valence-electron chi connectivity index (χ3n) is 3.44. The molecule has 6 heteroatoms. The van der Waals surface area contributed by atoms with E-state index in [2.05, 4.69) is 20.4 Å². The Hall–Kier alpha value is -1.95. The van der Waals surface area contributed by atoms with Crippen molar-refractivity contribution in [3.05, 3.63) is 34.6 Å². The van der Waals surface area contributed by atoms with Crippen LogP contribution in [0, 0.1) is 0 Å². The smallest absolute Gasteiger partial charge is 0.251 e. The van der Waals surface area contributed by atoms with Gasteiger partial charge in [-0.2, -0.15) is 5.10 Å². The topological polar surface area (TPSA) is 75.6 Å². The van der Waals surface area contributed by atoms with Gasteiger partial charge in [-0.3, -0.25) is 9.48 Å². The third kappa shape index (κ3) is 2.58. The Bertz CT molecular complexity index is 624. The number of nitrogens with one attached hydrogen (secondary N) is 2. The largest absolute Gasteiger partial charge is 0.316 e. The molecule has 6 nitrogen and oxygen atoms in total. The van der Waals surface area contributed by atoms with Crippen LogP contribution >= 0.6 is 0 Å². The molecular formula is C13H17N5O. The molecule has 2 N–H and O–H groups in total. The molecule has 1 atom stereocenters. The van der Waals surface area contributed by atoms with Crippen LogP contribution in [0.4, 0.5) is 0 Å². The number of hydrogen-bond acceptors (Lipinski definition) is 4. The SMILES string of the molecule is Cn1cc(-c2cc(=O)[nH]c(C3CCCNC3)n2)cn1. The summed E-state index contributed by atoms with van der Waals surface area (Å²) in [5.41, 5.74) is 1.46. The van der Waals surface area contributed by atoms with Crippen LogP contribution in [0.5, 0.6) is 0 Å². The van der Waals surface area contributed by atoms with E-state index in [-0.39, 0.29) is 11.5 Å². The second-order valence-corrected chi connectivity index (χ2v) is 4.96. The zero-order valence-corrected chi connectivity index (χ0v) is 10.9. The van der Waals surface area contributed by atoms with Crippen molar-refractivity contribution in [2.24, 2.45) is 7.05 Å². The molecule has 0 saturated carbocycles. The van der Waals surface area contributed by atoms with E-state index in [1.165, 1.54) is 6.07 Å². The van der Waals surface area contributed by atoms with E-state index in [0.29, 0.717) is 5.69 Å². The monoisotopic (exact) mass is 259 g/mol. The Morgan fingerprint density at radius 3 is 3.05 bits per heavy atom. The summed E-state index contributed by atoms with van der Waals surface area (Å²) in [6, 6.07) is 1.52. The van der Waals surface area contributed by atoms with Crippen molar-refractivity contribution >= 4 is 0 Å². The first-order valence-electron chi connectivity index (χ1n) is 6.53. The molecule has 2 aromatic rings. The highest BCUT2D eigenvalue weighted by molar-refractivity contribution is 5.56. The normalized spacial score (nSPS) is 19.5. The summed E-state index contributed by atoms with van der Waals surface area (Å²) in [7, 11) is 1.85. The van der Waals surface area contributed by atoms with Gasteiger partial charge in [0.15, 0.2) is 0 Å². The molecule has 1 saturated heterocycles. The van der Waals surface area contributed by atoms with E-state index in [1.54, 1.807) is 10.9 Å². The van der Waals surface area contributed by atoms with Gasteiger partial charge in [-0.05, 0) is 19.4 Å². The zero-order valence-electron chi connectivity index (χ0n) is 10.9. The first-order valence-corrected chi connectivity index (χ1v) is 6.53. The summed E-state index contributed by atoms with van der Waals surface area (Å²) in [6.07, 6.45) is 5.77. The lowest BCUT2D eigenvalue weighted by Crippen LogP contribution is -2.30. The number of rotatable bonds is 2. The molecule has 3 rings (SSSR count). The predicted molar refractivity (Wildman–Crippen MR) is 71.9 cm³/mol. The summed E-state index contributed by atoms with van der Waals surface area (Å²) in [6.45, 7) is 1.92. The third-order valence-corrected chi connectivity index (χ3v) is 3.44.